The summed E-state index contributed by atoms with van der Waals surface area (Å²) in [5.74, 6) is 1.17. The second-order valence-electron chi connectivity index (χ2n) is 9.47. The molecular formula is C20H38O4S. The lowest BCUT2D eigenvalue weighted by molar-refractivity contribution is -0.0646. The Labute approximate surface area is 154 Å². The first kappa shape index (κ1) is 21.2. The third-order valence-corrected chi connectivity index (χ3v) is 9.54. The van der Waals surface area contributed by atoms with E-state index in [4.69, 9.17) is 4.74 Å². The third-order valence-electron chi connectivity index (χ3n) is 6.85. The van der Waals surface area contributed by atoms with Gasteiger partial charge in [0.2, 0.25) is 0 Å². The van der Waals surface area contributed by atoms with Gasteiger partial charge in [0.1, 0.15) is 0 Å². The Bertz CT molecular complexity index is 536. The molecule has 0 spiro atoms. The SMILES string of the molecule is C[C@@H](OCCCCS(=O)(=O)C(C)(C)C)C1CCC2C(O)CCC[C@@]21C. The number of hydrogen-bond acceptors (Lipinski definition) is 4. The zero-order valence-electron chi connectivity index (χ0n) is 16.8. The van der Waals surface area contributed by atoms with Gasteiger partial charge in [-0.05, 0) is 83.5 Å². The first-order valence-corrected chi connectivity index (χ1v) is 11.7. The molecule has 0 heterocycles. The fraction of sp³-hybridized carbons (Fsp3) is 1.00. The summed E-state index contributed by atoms with van der Waals surface area (Å²) in [4.78, 5) is 0. The molecule has 1 N–H and O–H groups in total. The summed E-state index contributed by atoms with van der Waals surface area (Å²) in [7, 11) is -3.03. The van der Waals surface area contributed by atoms with Crippen molar-refractivity contribution in [3.63, 3.8) is 0 Å². The number of rotatable bonds is 7. The molecular weight excluding hydrogens is 336 g/mol. The van der Waals surface area contributed by atoms with Crippen LogP contribution >= 0.6 is 0 Å². The summed E-state index contributed by atoms with van der Waals surface area (Å²) in [6.45, 7) is 10.4. The first-order chi connectivity index (χ1) is 11.5. The van der Waals surface area contributed by atoms with E-state index < -0.39 is 14.6 Å². The van der Waals surface area contributed by atoms with Crippen LogP contribution in [0.4, 0.5) is 0 Å². The van der Waals surface area contributed by atoms with Gasteiger partial charge in [-0.2, -0.15) is 0 Å². The molecule has 5 heteroatoms. The van der Waals surface area contributed by atoms with Crippen molar-refractivity contribution < 1.29 is 18.3 Å². The Morgan fingerprint density at radius 3 is 2.52 bits per heavy atom. The number of sulfone groups is 1. The Hall–Kier alpha value is -0.130. The largest absolute Gasteiger partial charge is 0.393 e. The van der Waals surface area contributed by atoms with Crippen LogP contribution < -0.4 is 0 Å². The summed E-state index contributed by atoms with van der Waals surface area (Å²) in [5.41, 5.74) is 0.201. The maximum Gasteiger partial charge on any atom is 0.155 e. The van der Waals surface area contributed by atoms with Crippen LogP contribution in [0.5, 0.6) is 0 Å². The van der Waals surface area contributed by atoms with E-state index in [9.17, 15) is 13.5 Å². The number of aliphatic hydroxyl groups excluding tert-OH is 1. The summed E-state index contributed by atoms with van der Waals surface area (Å²) < 4.78 is 29.7. The van der Waals surface area contributed by atoms with Gasteiger partial charge in [-0.3, -0.25) is 0 Å². The highest BCUT2D eigenvalue weighted by Crippen LogP contribution is 2.56. The Balaban J connectivity index is 1.77. The van der Waals surface area contributed by atoms with Crippen molar-refractivity contribution in [1.82, 2.24) is 0 Å². The van der Waals surface area contributed by atoms with Gasteiger partial charge in [0.05, 0.1) is 22.7 Å². The molecule has 0 aromatic rings. The summed E-state index contributed by atoms with van der Waals surface area (Å²) in [5, 5.41) is 10.3. The molecule has 0 bridgehead atoms. The average Bonchev–Trinajstić information content (AvgIpc) is 2.84. The number of aliphatic hydroxyl groups is 1. The van der Waals surface area contributed by atoms with Crippen molar-refractivity contribution in [3.8, 4) is 0 Å². The lowest BCUT2D eigenvalue weighted by Crippen LogP contribution is -2.43. The summed E-state index contributed by atoms with van der Waals surface area (Å²) >= 11 is 0. The molecule has 5 atom stereocenters. The minimum absolute atomic E-state index is 0.140. The molecule has 2 fully saturated rings. The van der Waals surface area contributed by atoms with Crippen molar-refractivity contribution >= 4 is 9.84 Å². The fourth-order valence-corrected chi connectivity index (χ4v) is 6.24. The van der Waals surface area contributed by atoms with Crippen LogP contribution in [0.2, 0.25) is 0 Å². The zero-order chi connectivity index (χ0) is 18.9. The van der Waals surface area contributed by atoms with Gasteiger partial charge in [0.15, 0.2) is 9.84 Å². The van der Waals surface area contributed by atoms with Crippen LogP contribution in [-0.4, -0.2) is 42.8 Å². The van der Waals surface area contributed by atoms with E-state index in [-0.39, 0.29) is 23.4 Å². The third kappa shape index (κ3) is 4.59. The van der Waals surface area contributed by atoms with E-state index in [1.165, 1.54) is 6.42 Å². The Morgan fingerprint density at radius 1 is 1.20 bits per heavy atom. The van der Waals surface area contributed by atoms with E-state index in [1.54, 1.807) is 20.8 Å². The van der Waals surface area contributed by atoms with E-state index >= 15 is 0 Å². The van der Waals surface area contributed by atoms with Crippen molar-refractivity contribution in [2.24, 2.45) is 17.3 Å². The summed E-state index contributed by atoms with van der Waals surface area (Å²) in [6.07, 6.45) is 6.99. The monoisotopic (exact) mass is 374 g/mol. The minimum atomic E-state index is -3.03. The minimum Gasteiger partial charge on any atom is -0.393 e. The van der Waals surface area contributed by atoms with Crippen LogP contribution in [0.15, 0.2) is 0 Å². The molecule has 3 unspecified atom stereocenters. The topological polar surface area (TPSA) is 63.6 Å². The number of unbranched alkanes of at least 4 members (excludes halogenated alkanes) is 1. The van der Waals surface area contributed by atoms with Gasteiger partial charge in [-0.15, -0.1) is 0 Å². The lowest BCUT2D eigenvalue weighted by Gasteiger charge is -2.45. The number of fused-ring (bicyclic) bond motifs is 1. The van der Waals surface area contributed by atoms with Crippen LogP contribution in [0.3, 0.4) is 0 Å². The molecule has 0 radical (unpaired) electrons. The van der Waals surface area contributed by atoms with Gasteiger partial charge in [-0.25, -0.2) is 8.42 Å². The Kier molecular flexibility index (Phi) is 6.65. The van der Waals surface area contributed by atoms with Crippen LogP contribution in [-0.2, 0) is 14.6 Å². The van der Waals surface area contributed by atoms with Gasteiger partial charge in [-0.1, -0.05) is 13.3 Å². The predicted octanol–water partition coefficient (Wildman–Crippen LogP) is 3.96. The molecule has 2 aliphatic carbocycles. The average molecular weight is 375 g/mol. The van der Waals surface area contributed by atoms with E-state index in [0.717, 1.165) is 32.1 Å². The molecule has 0 aromatic heterocycles. The van der Waals surface area contributed by atoms with Gasteiger partial charge >= 0.3 is 0 Å². The maximum absolute atomic E-state index is 12.1. The highest BCUT2D eigenvalue weighted by Gasteiger charge is 2.52. The van der Waals surface area contributed by atoms with E-state index in [0.29, 0.717) is 24.9 Å². The lowest BCUT2D eigenvalue weighted by atomic mass is 9.63. The van der Waals surface area contributed by atoms with Crippen LogP contribution in [0.25, 0.3) is 0 Å². The van der Waals surface area contributed by atoms with Crippen molar-refractivity contribution in [3.05, 3.63) is 0 Å². The normalized spacial score (nSPS) is 34.7. The molecule has 2 aliphatic rings. The number of hydrogen-bond donors (Lipinski definition) is 1. The van der Waals surface area contributed by atoms with Crippen molar-refractivity contribution in [2.75, 3.05) is 12.4 Å². The highest BCUT2D eigenvalue weighted by atomic mass is 32.2. The van der Waals surface area contributed by atoms with E-state index in [1.807, 2.05) is 0 Å². The fourth-order valence-electron chi connectivity index (χ4n) is 5.05. The predicted molar refractivity (Wildman–Crippen MR) is 102 cm³/mol. The zero-order valence-corrected chi connectivity index (χ0v) is 17.6. The van der Waals surface area contributed by atoms with Crippen LogP contribution in [0.1, 0.15) is 79.6 Å². The quantitative estimate of drug-likeness (QED) is 0.685. The second-order valence-corrected chi connectivity index (χ2v) is 12.3. The summed E-state index contributed by atoms with van der Waals surface area (Å²) in [6, 6.07) is 0. The van der Waals surface area contributed by atoms with Crippen LogP contribution in [0, 0.1) is 17.3 Å². The maximum atomic E-state index is 12.1. The van der Waals surface area contributed by atoms with Gasteiger partial charge in [0, 0.05) is 6.61 Å². The Morgan fingerprint density at radius 2 is 1.88 bits per heavy atom. The number of ether oxygens (including phenoxy) is 1. The van der Waals surface area contributed by atoms with Crippen molar-refractivity contribution in [2.45, 2.75) is 96.5 Å². The van der Waals surface area contributed by atoms with Crippen molar-refractivity contribution in [1.29, 1.82) is 0 Å². The smallest absolute Gasteiger partial charge is 0.155 e. The highest BCUT2D eigenvalue weighted by molar-refractivity contribution is 7.92. The molecule has 148 valence electrons. The molecule has 2 rings (SSSR count). The molecule has 25 heavy (non-hydrogen) atoms. The van der Waals surface area contributed by atoms with E-state index in [2.05, 4.69) is 13.8 Å². The van der Waals surface area contributed by atoms with Gasteiger partial charge < -0.3 is 9.84 Å². The molecule has 4 nitrogen and oxygen atoms in total. The second kappa shape index (κ2) is 7.85. The molecule has 0 aromatic carbocycles. The first-order valence-electron chi connectivity index (χ1n) is 10.0. The molecule has 0 aliphatic heterocycles. The molecule has 0 saturated heterocycles. The van der Waals surface area contributed by atoms with Gasteiger partial charge in [0.25, 0.3) is 0 Å². The molecule has 2 saturated carbocycles. The standard InChI is InChI=1S/C20H38O4S/c1-15(24-13-6-7-14-25(22,23)19(2,3)4)16-10-11-17-18(21)9-8-12-20(16,17)5/h15-18,21H,6-14H2,1-5H3/t15-,16?,17?,18?,20-/m1/s1. The molecule has 0 amide bonds.